The van der Waals surface area contributed by atoms with Crippen LogP contribution in [-0.4, -0.2) is 33.9 Å². The van der Waals surface area contributed by atoms with Crippen molar-refractivity contribution >= 4 is 23.2 Å². The summed E-state index contributed by atoms with van der Waals surface area (Å²) in [6.07, 6.45) is 9.16. The molecule has 0 fully saturated rings. The lowest BCUT2D eigenvalue weighted by atomic mass is 9.72. The number of carbonyl (C=O) groups is 1. The van der Waals surface area contributed by atoms with E-state index in [4.69, 9.17) is 22.1 Å². The quantitative estimate of drug-likeness (QED) is 0.387. The highest BCUT2D eigenvalue weighted by Gasteiger charge is 2.31. The van der Waals surface area contributed by atoms with E-state index in [1.54, 1.807) is 0 Å². The number of carbonyl (C=O) groups excluding carboxylic acids is 1. The summed E-state index contributed by atoms with van der Waals surface area (Å²) in [5.41, 5.74) is 0.0869. The predicted octanol–water partition coefficient (Wildman–Crippen LogP) is 4.16. The van der Waals surface area contributed by atoms with Crippen LogP contribution < -0.4 is 0 Å². The minimum Gasteiger partial charge on any atom is -0.417 e. The van der Waals surface area contributed by atoms with E-state index in [0.717, 1.165) is 57.8 Å². The van der Waals surface area contributed by atoms with Gasteiger partial charge in [-0.1, -0.05) is 59.3 Å². The van der Waals surface area contributed by atoms with Gasteiger partial charge in [0.05, 0.1) is 6.61 Å². The van der Waals surface area contributed by atoms with Crippen LogP contribution in [0.1, 0.15) is 85.0 Å². The molecular formula is C18H34O4S. The number of unbranched alkanes of at least 4 members (excludes halogenated alkanes) is 3. The van der Waals surface area contributed by atoms with E-state index < -0.39 is 18.7 Å². The monoisotopic (exact) mass is 346 g/mol. The molecule has 0 aromatic carbocycles. The molecule has 0 spiro atoms. The highest BCUT2D eigenvalue weighted by atomic mass is 32.1. The van der Waals surface area contributed by atoms with Crippen LogP contribution >= 0.6 is 12.2 Å². The van der Waals surface area contributed by atoms with Crippen molar-refractivity contribution < 1.29 is 19.7 Å². The third-order valence-corrected chi connectivity index (χ3v) is 4.59. The summed E-state index contributed by atoms with van der Waals surface area (Å²) in [7, 11) is 0. The summed E-state index contributed by atoms with van der Waals surface area (Å²) >= 11 is 5.26. The summed E-state index contributed by atoms with van der Waals surface area (Å²) < 4.78 is 5.08. The van der Waals surface area contributed by atoms with Crippen LogP contribution in [0.15, 0.2) is 0 Å². The smallest absolute Gasteiger partial charge is 0.343 e. The normalized spacial score (nSPS) is 12.9. The number of hydrogen-bond acceptors (Lipinski definition) is 5. The average Bonchev–Trinajstić information content (AvgIpc) is 2.55. The average molecular weight is 347 g/mol. The van der Waals surface area contributed by atoms with Gasteiger partial charge in [-0.15, -0.1) is 0 Å². The van der Waals surface area contributed by atoms with E-state index in [0.29, 0.717) is 6.42 Å². The van der Waals surface area contributed by atoms with Gasteiger partial charge in [-0.2, -0.15) is 0 Å². The first-order valence-corrected chi connectivity index (χ1v) is 9.39. The van der Waals surface area contributed by atoms with Crippen LogP contribution in [-0.2, 0) is 9.53 Å². The van der Waals surface area contributed by atoms with Gasteiger partial charge in [0.2, 0.25) is 0 Å². The third kappa shape index (κ3) is 9.38. The maximum atomic E-state index is 11.6. The van der Waals surface area contributed by atoms with Gasteiger partial charge in [-0.05, 0) is 36.9 Å². The Labute approximate surface area is 146 Å². The van der Waals surface area contributed by atoms with E-state index >= 15 is 0 Å². The number of esters is 1. The fourth-order valence-electron chi connectivity index (χ4n) is 2.89. The molecule has 0 rings (SSSR count). The number of thiocarbonyl (C=S) groups is 1. The Morgan fingerprint density at radius 3 is 1.83 bits per heavy atom. The maximum absolute atomic E-state index is 11.6. The Morgan fingerprint density at radius 2 is 1.48 bits per heavy atom. The summed E-state index contributed by atoms with van der Waals surface area (Å²) in [5, 5.41) is 18.4. The second kappa shape index (κ2) is 12.8. The Balaban J connectivity index is 4.91. The lowest BCUT2D eigenvalue weighted by Crippen LogP contribution is -2.31. The molecule has 0 heterocycles. The molecule has 0 aliphatic rings. The van der Waals surface area contributed by atoms with Gasteiger partial charge in [0, 0.05) is 6.42 Å². The van der Waals surface area contributed by atoms with Crippen molar-refractivity contribution in [2.24, 2.45) is 5.41 Å². The zero-order chi connectivity index (χ0) is 17.7. The van der Waals surface area contributed by atoms with Crippen LogP contribution in [0.25, 0.3) is 0 Å². The molecule has 1 unspecified atom stereocenters. The maximum Gasteiger partial charge on any atom is 0.343 e. The Bertz CT molecular complexity index is 322. The van der Waals surface area contributed by atoms with Crippen molar-refractivity contribution in [1.82, 2.24) is 0 Å². The second-order valence-corrected chi connectivity index (χ2v) is 6.93. The van der Waals surface area contributed by atoms with Crippen molar-refractivity contribution in [2.75, 3.05) is 6.61 Å². The molecule has 0 aromatic rings. The fraction of sp³-hybridized carbons (Fsp3) is 0.889. The standard InChI is InChI=1S/C18H34O4S/c1-4-7-10-18(11-8-5-2,12-9-6-3)13-16(23)22-17(21)15(20)14-19/h15,19-20H,4-14H2,1-3H3. The number of aliphatic hydroxyl groups excluding tert-OH is 2. The minimum absolute atomic E-state index is 0.0869. The SMILES string of the molecule is CCCCC(CCCC)(CCCC)CC(=S)OC(=O)C(O)CO. The molecule has 0 aromatic heterocycles. The molecule has 0 aliphatic carbocycles. The molecule has 2 N–H and O–H groups in total. The van der Waals surface area contributed by atoms with Gasteiger partial charge in [0.15, 0.2) is 11.2 Å². The van der Waals surface area contributed by atoms with Gasteiger partial charge >= 0.3 is 5.97 Å². The molecule has 136 valence electrons. The number of aliphatic hydroxyl groups is 2. The van der Waals surface area contributed by atoms with Gasteiger partial charge in [-0.3, -0.25) is 0 Å². The molecule has 0 saturated heterocycles. The molecule has 0 bridgehead atoms. The Hall–Kier alpha value is -0.520. The molecule has 0 saturated carbocycles. The van der Waals surface area contributed by atoms with E-state index in [9.17, 15) is 9.90 Å². The number of rotatable bonds is 13. The summed E-state index contributed by atoms with van der Waals surface area (Å²) in [6.45, 7) is 5.90. The first kappa shape index (κ1) is 22.5. The van der Waals surface area contributed by atoms with Crippen LogP contribution in [0.4, 0.5) is 0 Å². The van der Waals surface area contributed by atoms with Crippen LogP contribution in [0.3, 0.4) is 0 Å². The zero-order valence-electron chi connectivity index (χ0n) is 15.0. The van der Waals surface area contributed by atoms with Crippen LogP contribution in [0.2, 0.25) is 0 Å². The third-order valence-electron chi connectivity index (χ3n) is 4.36. The van der Waals surface area contributed by atoms with E-state index in [2.05, 4.69) is 20.8 Å². The predicted molar refractivity (Wildman–Crippen MR) is 97.4 cm³/mol. The summed E-state index contributed by atoms with van der Waals surface area (Å²) in [6, 6.07) is 0. The van der Waals surface area contributed by atoms with E-state index in [1.807, 2.05) is 0 Å². The Morgan fingerprint density at radius 1 is 1.04 bits per heavy atom. The minimum atomic E-state index is -1.51. The molecule has 0 aliphatic heterocycles. The number of hydrogen-bond donors (Lipinski definition) is 2. The molecule has 4 nitrogen and oxygen atoms in total. The van der Waals surface area contributed by atoms with Crippen molar-refractivity contribution in [3.05, 3.63) is 0 Å². The van der Waals surface area contributed by atoms with Crippen molar-refractivity contribution in [3.63, 3.8) is 0 Å². The first-order chi connectivity index (χ1) is 10.9. The van der Waals surface area contributed by atoms with Crippen LogP contribution in [0, 0.1) is 5.41 Å². The second-order valence-electron chi connectivity index (χ2n) is 6.48. The summed E-state index contributed by atoms with van der Waals surface area (Å²) in [5.74, 6) is -0.854. The Kier molecular flexibility index (Phi) is 12.6. The van der Waals surface area contributed by atoms with Crippen molar-refractivity contribution in [3.8, 4) is 0 Å². The summed E-state index contributed by atoms with van der Waals surface area (Å²) in [4.78, 5) is 11.6. The van der Waals surface area contributed by atoms with Crippen molar-refractivity contribution in [1.29, 1.82) is 0 Å². The van der Waals surface area contributed by atoms with Crippen molar-refractivity contribution in [2.45, 2.75) is 91.1 Å². The fourth-order valence-corrected chi connectivity index (χ4v) is 3.28. The first-order valence-electron chi connectivity index (χ1n) is 8.98. The molecular weight excluding hydrogens is 312 g/mol. The van der Waals surface area contributed by atoms with Gasteiger partial charge in [0.1, 0.15) is 0 Å². The highest BCUT2D eigenvalue weighted by Crippen LogP contribution is 2.40. The number of ether oxygens (including phenoxy) is 1. The van der Waals surface area contributed by atoms with E-state index in [1.165, 1.54) is 0 Å². The molecule has 23 heavy (non-hydrogen) atoms. The lowest BCUT2D eigenvalue weighted by Gasteiger charge is -2.34. The highest BCUT2D eigenvalue weighted by molar-refractivity contribution is 7.80. The lowest BCUT2D eigenvalue weighted by molar-refractivity contribution is -0.146. The van der Waals surface area contributed by atoms with Crippen LogP contribution in [0.5, 0.6) is 0 Å². The molecule has 1 atom stereocenters. The molecule has 5 heteroatoms. The molecule has 0 amide bonds. The molecule has 0 radical (unpaired) electrons. The van der Waals surface area contributed by atoms with E-state index in [-0.39, 0.29) is 10.5 Å². The zero-order valence-corrected chi connectivity index (χ0v) is 15.8. The largest absolute Gasteiger partial charge is 0.417 e. The van der Waals surface area contributed by atoms with Gasteiger partial charge in [0.25, 0.3) is 0 Å². The van der Waals surface area contributed by atoms with Gasteiger partial charge < -0.3 is 14.9 Å². The topological polar surface area (TPSA) is 66.8 Å². The van der Waals surface area contributed by atoms with Gasteiger partial charge in [-0.25, -0.2) is 4.79 Å².